The lowest BCUT2D eigenvalue weighted by atomic mass is 9.87. The lowest BCUT2D eigenvalue weighted by Gasteiger charge is -2.29. The van der Waals surface area contributed by atoms with Gasteiger partial charge in [0.1, 0.15) is 5.75 Å². The van der Waals surface area contributed by atoms with Crippen LogP contribution in [0, 0.1) is 0 Å². The Labute approximate surface area is 125 Å². The van der Waals surface area contributed by atoms with Crippen molar-refractivity contribution in [1.29, 1.82) is 0 Å². The van der Waals surface area contributed by atoms with E-state index >= 15 is 0 Å². The second kappa shape index (κ2) is 5.19. The summed E-state index contributed by atoms with van der Waals surface area (Å²) in [5.41, 5.74) is 5.39. The van der Waals surface area contributed by atoms with Crippen LogP contribution in [-0.2, 0) is 12.8 Å². The maximum Gasteiger partial charge on any atom is 0.119 e. The van der Waals surface area contributed by atoms with E-state index in [0.717, 1.165) is 18.4 Å². The molecule has 21 heavy (non-hydrogen) atoms. The van der Waals surface area contributed by atoms with Gasteiger partial charge in [0, 0.05) is 12.1 Å². The number of aryl methyl sites for hydroxylation is 1. The summed E-state index contributed by atoms with van der Waals surface area (Å²) in [5.74, 6) is 0.459. The van der Waals surface area contributed by atoms with Gasteiger partial charge in [-0.2, -0.15) is 0 Å². The van der Waals surface area contributed by atoms with Crippen molar-refractivity contribution in [2.24, 2.45) is 0 Å². The molecule has 2 aliphatic rings. The van der Waals surface area contributed by atoms with E-state index in [1.807, 2.05) is 6.07 Å². The minimum atomic E-state index is 0.378. The van der Waals surface area contributed by atoms with E-state index in [9.17, 15) is 5.11 Å². The van der Waals surface area contributed by atoms with Gasteiger partial charge in [-0.3, -0.25) is 0 Å². The smallest absolute Gasteiger partial charge is 0.119 e. The molecule has 108 valence electrons. The molecule has 0 bridgehead atoms. The van der Waals surface area contributed by atoms with Gasteiger partial charge in [0.2, 0.25) is 0 Å². The third kappa shape index (κ3) is 2.24. The van der Waals surface area contributed by atoms with Crippen molar-refractivity contribution >= 4 is 0 Å². The summed E-state index contributed by atoms with van der Waals surface area (Å²) in [6.07, 6.45) is 5.74. The third-order valence-corrected chi connectivity index (χ3v) is 5.02. The number of aromatic hydroxyl groups is 1. The van der Waals surface area contributed by atoms with Crippen LogP contribution in [0.4, 0.5) is 0 Å². The third-order valence-electron chi connectivity index (χ3n) is 5.02. The molecule has 2 aromatic carbocycles. The van der Waals surface area contributed by atoms with E-state index < -0.39 is 0 Å². The minimum Gasteiger partial charge on any atom is -0.508 e. The van der Waals surface area contributed by atoms with Gasteiger partial charge in [0.25, 0.3) is 0 Å². The van der Waals surface area contributed by atoms with Gasteiger partial charge in [-0.25, -0.2) is 0 Å². The van der Waals surface area contributed by atoms with Crippen molar-refractivity contribution in [1.82, 2.24) is 5.32 Å². The maximum absolute atomic E-state index is 9.98. The largest absolute Gasteiger partial charge is 0.508 e. The first-order chi connectivity index (χ1) is 10.3. The zero-order valence-corrected chi connectivity index (χ0v) is 12.2. The van der Waals surface area contributed by atoms with Crippen molar-refractivity contribution < 1.29 is 5.11 Å². The van der Waals surface area contributed by atoms with E-state index in [-0.39, 0.29) is 0 Å². The molecule has 0 spiro atoms. The molecule has 2 atom stereocenters. The van der Waals surface area contributed by atoms with Crippen LogP contribution in [0.1, 0.15) is 53.6 Å². The van der Waals surface area contributed by atoms with Crippen molar-refractivity contribution in [3.05, 3.63) is 64.7 Å². The normalized spacial score (nSPS) is 23.6. The molecule has 2 heteroatoms. The number of hydrogen-bond donors (Lipinski definition) is 2. The van der Waals surface area contributed by atoms with Crippen LogP contribution in [-0.4, -0.2) is 5.11 Å². The summed E-state index contributed by atoms with van der Waals surface area (Å²) >= 11 is 0. The predicted molar refractivity (Wildman–Crippen MR) is 84.4 cm³/mol. The standard InChI is InChI=1S/C19H21NO/c21-19-10-4-8-15-16(19)11-12-18(15)20-17-9-3-6-13-5-1-2-7-14(13)17/h1-2,4-5,7-8,10,17-18,20-21H,3,6,9,11-12H2. The van der Waals surface area contributed by atoms with Gasteiger partial charge in [0.05, 0.1) is 0 Å². The second-order valence-electron chi connectivity index (χ2n) is 6.25. The molecule has 0 aromatic heterocycles. The van der Waals surface area contributed by atoms with Crippen molar-refractivity contribution in [3.63, 3.8) is 0 Å². The summed E-state index contributed by atoms with van der Waals surface area (Å²) in [6.45, 7) is 0. The fourth-order valence-corrected chi connectivity index (χ4v) is 3.98. The highest BCUT2D eigenvalue weighted by Gasteiger charge is 2.28. The quantitative estimate of drug-likeness (QED) is 0.869. The molecular formula is C19H21NO. The average Bonchev–Trinajstić information content (AvgIpc) is 2.92. The summed E-state index contributed by atoms with van der Waals surface area (Å²) in [6, 6.07) is 15.6. The number of fused-ring (bicyclic) bond motifs is 2. The van der Waals surface area contributed by atoms with Crippen LogP contribution >= 0.6 is 0 Å². The van der Waals surface area contributed by atoms with E-state index in [1.54, 1.807) is 6.07 Å². The first-order valence-corrected chi connectivity index (χ1v) is 7.97. The van der Waals surface area contributed by atoms with Crippen LogP contribution < -0.4 is 5.32 Å². The maximum atomic E-state index is 9.98. The fourth-order valence-electron chi connectivity index (χ4n) is 3.98. The van der Waals surface area contributed by atoms with Gasteiger partial charge in [0.15, 0.2) is 0 Å². The summed E-state index contributed by atoms with van der Waals surface area (Å²) in [7, 11) is 0. The topological polar surface area (TPSA) is 32.3 Å². The Hall–Kier alpha value is -1.80. The van der Waals surface area contributed by atoms with Gasteiger partial charge >= 0.3 is 0 Å². The number of hydrogen-bond acceptors (Lipinski definition) is 2. The first kappa shape index (κ1) is 12.9. The summed E-state index contributed by atoms with van der Waals surface area (Å²) < 4.78 is 0. The molecule has 0 aliphatic heterocycles. The Kier molecular flexibility index (Phi) is 3.19. The highest BCUT2D eigenvalue weighted by atomic mass is 16.3. The highest BCUT2D eigenvalue weighted by Crippen LogP contribution is 2.39. The number of phenolic OH excluding ortho intramolecular Hbond substituents is 1. The van der Waals surface area contributed by atoms with Crippen LogP contribution in [0.2, 0.25) is 0 Å². The molecule has 0 heterocycles. The molecule has 2 aromatic rings. The van der Waals surface area contributed by atoms with Gasteiger partial charge in [-0.15, -0.1) is 0 Å². The Morgan fingerprint density at radius 2 is 1.67 bits per heavy atom. The van der Waals surface area contributed by atoms with Crippen molar-refractivity contribution in [3.8, 4) is 5.75 Å². The van der Waals surface area contributed by atoms with Gasteiger partial charge in [-0.1, -0.05) is 36.4 Å². The molecule has 0 saturated carbocycles. The SMILES string of the molecule is Oc1cccc2c1CCC2NC1CCCc2ccccc21. The molecular weight excluding hydrogens is 258 g/mol. The Balaban J connectivity index is 1.61. The van der Waals surface area contributed by atoms with E-state index in [1.165, 1.54) is 36.0 Å². The highest BCUT2D eigenvalue weighted by molar-refractivity contribution is 5.44. The van der Waals surface area contributed by atoms with Crippen LogP contribution in [0.5, 0.6) is 5.75 Å². The average molecular weight is 279 g/mol. The van der Waals surface area contributed by atoms with Crippen LogP contribution in [0.3, 0.4) is 0 Å². The molecule has 0 saturated heterocycles. The molecule has 0 radical (unpaired) electrons. The van der Waals surface area contributed by atoms with Crippen LogP contribution in [0.15, 0.2) is 42.5 Å². The molecule has 2 nitrogen and oxygen atoms in total. The van der Waals surface area contributed by atoms with E-state index in [4.69, 9.17) is 0 Å². The number of benzene rings is 2. The number of phenols is 1. The van der Waals surface area contributed by atoms with E-state index in [0.29, 0.717) is 17.8 Å². The Morgan fingerprint density at radius 3 is 2.62 bits per heavy atom. The summed E-state index contributed by atoms with van der Waals surface area (Å²) in [4.78, 5) is 0. The molecule has 2 unspecified atom stereocenters. The van der Waals surface area contributed by atoms with Crippen LogP contribution in [0.25, 0.3) is 0 Å². The Bertz CT molecular complexity index is 664. The fraction of sp³-hybridized carbons (Fsp3) is 0.368. The van der Waals surface area contributed by atoms with E-state index in [2.05, 4.69) is 35.6 Å². The molecule has 2 aliphatic carbocycles. The van der Waals surface area contributed by atoms with Crippen molar-refractivity contribution in [2.75, 3.05) is 0 Å². The van der Waals surface area contributed by atoms with Crippen molar-refractivity contribution in [2.45, 2.75) is 44.2 Å². The second-order valence-corrected chi connectivity index (χ2v) is 6.25. The molecule has 0 fully saturated rings. The molecule has 4 rings (SSSR count). The zero-order chi connectivity index (χ0) is 14.2. The lowest BCUT2D eigenvalue weighted by Crippen LogP contribution is -2.28. The number of nitrogens with one attached hydrogen (secondary N) is 1. The van der Waals surface area contributed by atoms with Gasteiger partial charge in [-0.05, 0) is 60.4 Å². The summed E-state index contributed by atoms with van der Waals surface area (Å²) in [5, 5.41) is 13.8. The molecule has 2 N–H and O–H groups in total. The predicted octanol–water partition coefficient (Wildman–Crippen LogP) is 4.05. The lowest BCUT2D eigenvalue weighted by molar-refractivity contribution is 0.398. The molecule has 0 amide bonds. The Morgan fingerprint density at radius 1 is 0.857 bits per heavy atom. The monoisotopic (exact) mass is 279 g/mol. The number of rotatable bonds is 2. The minimum absolute atomic E-state index is 0.378. The zero-order valence-electron chi connectivity index (χ0n) is 12.2. The van der Waals surface area contributed by atoms with Gasteiger partial charge < -0.3 is 10.4 Å². The first-order valence-electron chi connectivity index (χ1n) is 7.97.